The van der Waals surface area contributed by atoms with Gasteiger partial charge in [0.05, 0.1) is 0 Å². The van der Waals surface area contributed by atoms with Gasteiger partial charge in [-0.1, -0.05) is 13.8 Å². The largest absolute Gasteiger partial charge is 0.396 e. The Morgan fingerprint density at radius 1 is 1.29 bits per heavy atom. The third-order valence-corrected chi connectivity index (χ3v) is 3.06. The minimum Gasteiger partial charge on any atom is -0.396 e. The van der Waals surface area contributed by atoms with E-state index in [1.54, 1.807) is 0 Å². The van der Waals surface area contributed by atoms with Crippen LogP contribution in [0.5, 0.6) is 0 Å². The minimum atomic E-state index is 0.253. The number of nitrogens with zero attached hydrogens (tertiary/aromatic N) is 1. The van der Waals surface area contributed by atoms with Crippen molar-refractivity contribution in [2.75, 3.05) is 6.61 Å². The lowest BCUT2D eigenvalue weighted by Crippen LogP contribution is -2.27. The average Bonchev–Trinajstić information content (AvgIpc) is 2.71. The molecule has 1 aromatic rings. The van der Waals surface area contributed by atoms with Gasteiger partial charge in [-0.2, -0.15) is 0 Å². The van der Waals surface area contributed by atoms with Crippen molar-refractivity contribution in [2.24, 2.45) is 5.92 Å². The highest BCUT2D eigenvalue weighted by Crippen LogP contribution is 2.08. The van der Waals surface area contributed by atoms with Gasteiger partial charge in [0, 0.05) is 37.6 Å². The summed E-state index contributed by atoms with van der Waals surface area (Å²) >= 11 is 0. The standard InChI is InChI=1S/C14H26N2O/c1-12(2)6-9-16-8-4-5-14(16)11-15-13(3)7-10-17/h4-5,8,12-13,15,17H,6-7,9-11H2,1-3H3. The van der Waals surface area contributed by atoms with E-state index in [0.29, 0.717) is 6.04 Å². The maximum Gasteiger partial charge on any atom is 0.0445 e. The summed E-state index contributed by atoms with van der Waals surface area (Å²) in [6.45, 7) is 8.85. The van der Waals surface area contributed by atoms with Gasteiger partial charge in [0.1, 0.15) is 0 Å². The van der Waals surface area contributed by atoms with Crippen LogP contribution in [-0.4, -0.2) is 22.3 Å². The summed E-state index contributed by atoms with van der Waals surface area (Å²) in [5.41, 5.74) is 1.33. The van der Waals surface area contributed by atoms with E-state index in [2.05, 4.69) is 49.0 Å². The molecule has 1 aromatic heterocycles. The van der Waals surface area contributed by atoms with Crippen LogP contribution in [0.2, 0.25) is 0 Å². The lowest BCUT2D eigenvalue weighted by Gasteiger charge is -2.15. The predicted molar refractivity (Wildman–Crippen MR) is 71.9 cm³/mol. The zero-order valence-electron chi connectivity index (χ0n) is 11.3. The maximum atomic E-state index is 8.85. The van der Waals surface area contributed by atoms with Gasteiger partial charge in [-0.25, -0.2) is 0 Å². The van der Waals surface area contributed by atoms with E-state index in [-0.39, 0.29) is 6.61 Å². The van der Waals surface area contributed by atoms with Gasteiger partial charge in [-0.05, 0) is 37.8 Å². The Bertz CT molecular complexity index is 307. The molecule has 1 rings (SSSR count). The second kappa shape index (κ2) is 7.51. The van der Waals surface area contributed by atoms with Crippen LogP contribution in [0.1, 0.15) is 39.3 Å². The van der Waals surface area contributed by atoms with Crippen LogP contribution in [0.3, 0.4) is 0 Å². The van der Waals surface area contributed by atoms with Crippen molar-refractivity contribution in [1.82, 2.24) is 9.88 Å². The van der Waals surface area contributed by atoms with E-state index in [9.17, 15) is 0 Å². The molecule has 98 valence electrons. The van der Waals surface area contributed by atoms with Crippen molar-refractivity contribution in [1.29, 1.82) is 0 Å². The van der Waals surface area contributed by atoms with Crippen molar-refractivity contribution in [2.45, 2.75) is 52.7 Å². The van der Waals surface area contributed by atoms with Gasteiger partial charge in [-0.15, -0.1) is 0 Å². The molecule has 0 bridgehead atoms. The van der Waals surface area contributed by atoms with E-state index in [0.717, 1.165) is 25.4 Å². The van der Waals surface area contributed by atoms with Gasteiger partial charge in [0.25, 0.3) is 0 Å². The molecule has 0 fully saturated rings. The molecule has 0 amide bonds. The maximum absolute atomic E-state index is 8.85. The van der Waals surface area contributed by atoms with Crippen molar-refractivity contribution in [3.63, 3.8) is 0 Å². The van der Waals surface area contributed by atoms with E-state index in [4.69, 9.17) is 5.11 Å². The van der Waals surface area contributed by atoms with E-state index in [1.807, 2.05) is 0 Å². The topological polar surface area (TPSA) is 37.2 Å². The third-order valence-electron chi connectivity index (χ3n) is 3.06. The lowest BCUT2D eigenvalue weighted by molar-refractivity contribution is 0.268. The van der Waals surface area contributed by atoms with E-state index >= 15 is 0 Å². The van der Waals surface area contributed by atoms with Gasteiger partial charge >= 0.3 is 0 Å². The van der Waals surface area contributed by atoms with Crippen molar-refractivity contribution < 1.29 is 5.11 Å². The first-order valence-electron chi connectivity index (χ1n) is 6.61. The summed E-state index contributed by atoms with van der Waals surface area (Å²) in [5.74, 6) is 0.742. The SMILES string of the molecule is CC(C)CCn1cccc1CNC(C)CCO. The van der Waals surface area contributed by atoms with Crippen molar-refractivity contribution >= 4 is 0 Å². The molecule has 3 nitrogen and oxygen atoms in total. The summed E-state index contributed by atoms with van der Waals surface area (Å²) in [4.78, 5) is 0. The average molecular weight is 238 g/mol. The van der Waals surface area contributed by atoms with Crippen molar-refractivity contribution in [3.8, 4) is 0 Å². The Kier molecular flexibility index (Phi) is 6.30. The Balaban J connectivity index is 2.40. The van der Waals surface area contributed by atoms with Crippen LogP contribution >= 0.6 is 0 Å². The number of hydrogen-bond acceptors (Lipinski definition) is 2. The summed E-state index contributed by atoms with van der Waals surface area (Å²) in [5, 5.41) is 12.3. The molecule has 0 aliphatic carbocycles. The summed E-state index contributed by atoms with van der Waals surface area (Å²) in [7, 11) is 0. The highest BCUT2D eigenvalue weighted by atomic mass is 16.3. The van der Waals surface area contributed by atoms with E-state index in [1.165, 1.54) is 12.1 Å². The highest BCUT2D eigenvalue weighted by molar-refractivity contribution is 5.07. The molecule has 0 aromatic carbocycles. The van der Waals surface area contributed by atoms with E-state index < -0.39 is 0 Å². The van der Waals surface area contributed by atoms with Crippen LogP contribution < -0.4 is 5.32 Å². The number of aliphatic hydroxyl groups is 1. The molecule has 0 radical (unpaired) electrons. The lowest BCUT2D eigenvalue weighted by atomic mass is 10.1. The van der Waals surface area contributed by atoms with Crippen LogP contribution in [-0.2, 0) is 13.1 Å². The number of rotatable bonds is 8. The third kappa shape index (κ3) is 5.37. The molecule has 0 saturated heterocycles. The summed E-state index contributed by atoms with van der Waals surface area (Å²) in [6, 6.07) is 4.64. The number of aliphatic hydroxyl groups excluding tert-OH is 1. The Morgan fingerprint density at radius 3 is 2.71 bits per heavy atom. The van der Waals surface area contributed by atoms with Gasteiger partial charge in [0.15, 0.2) is 0 Å². The first-order chi connectivity index (χ1) is 8.13. The van der Waals surface area contributed by atoms with Gasteiger partial charge in [-0.3, -0.25) is 0 Å². The molecule has 1 unspecified atom stereocenters. The monoisotopic (exact) mass is 238 g/mol. The Hall–Kier alpha value is -0.800. The smallest absolute Gasteiger partial charge is 0.0445 e. The highest BCUT2D eigenvalue weighted by Gasteiger charge is 2.04. The number of aryl methyl sites for hydroxylation is 1. The van der Waals surface area contributed by atoms with Crippen LogP contribution in [0.25, 0.3) is 0 Å². The molecular formula is C14H26N2O. The molecule has 2 N–H and O–H groups in total. The quantitative estimate of drug-likeness (QED) is 0.729. The molecule has 1 heterocycles. The molecule has 3 heteroatoms. The fraction of sp³-hybridized carbons (Fsp3) is 0.714. The van der Waals surface area contributed by atoms with Gasteiger partial charge in [0.2, 0.25) is 0 Å². The Morgan fingerprint density at radius 2 is 2.06 bits per heavy atom. The normalized spacial score (nSPS) is 13.2. The summed E-state index contributed by atoms with van der Waals surface area (Å²) in [6.07, 6.45) is 4.18. The second-order valence-corrected chi connectivity index (χ2v) is 5.17. The zero-order chi connectivity index (χ0) is 12.7. The predicted octanol–water partition coefficient (Wildman–Crippen LogP) is 2.39. The van der Waals surface area contributed by atoms with Gasteiger partial charge < -0.3 is 15.0 Å². The molecular weight excluding hydrogens is 212 g/mol. The summed E-state index contributed by atoms with van der Waals surface area (Å²) < 4.78 is 2.32. The molecule has 17 heavy (non-hydrogen) atoms. The van der Waals surface area contributed by atoms with Crippen LogP contribution in [0.15, 0.2) is 18.3 Å². The fourth-order valence-corrected chi connectivity index (χ4v) is 1.80. The number of nitrogens with one attached hydrogen (secondary N) is 1. The van der Waals surface area contributed by atoms with Crippen molar-refractivity contribution in [3.05, 3.63) is 24.0 Å². The first kappa shape index (κ1) is 14.3. The van der Waals surface area contributed by atoms with Crippen LogP contribution in [0, 0.1) is 5.92 Å². The molecule has 1 atom stereocenters. The first-order valence-corrected chi connectivity index (χ1v) is 6.61. The second-order valence-electron chi connectivity index (χ2n) is 5.17. The molecule has 0 aliphatic rings. The molecule has 0 aliphatic heterocycles. The van der Waals surface area contributed by atoms with Crippen LogP contribution in [0.4, 0.5) is 0 Å². The zero-order valence-corrected chi connectivity index (χ0v) is 11.3. The number of aromatic nitrogens is 1. The molecule has 0 spiro atoms. The fourth-order valence-electron chi connectivity index (χ4n) is 1.80. The number of hydrogen-bond donors (Lipinski definition) is 2. The minimum absolute atomic E-state index is 0.253. The Labute approximate surface area is 105 Å². The molecule has 0 saturated carbocycles.